The first kappa shape index (κ1) is 12.8. The van der Waals surface area contributed by atoms with E-state index in [4.69, 9.17) is 0 Å². The van der Waals surface area contributed by atoms with Crippen LogP contribution in [0, 0.1) is 0 Å². The van der Waals surface area contributed by atoms with Gasteiger partial charge in [0.25, 0.3) is 5.91 Å². The maximum Gasteiger partial charge on any atom is 0.271 e. The lowest BCUT2D eigenvalue weighted by atomic mass is 10.2. The lowest BCUT2D eigenvalue weighted by Crippen LogP contribution is -2.23. The minimum absolute atomic E-state index is 0.137. The number of hydrogen-bond donors (Lipinski definition) is 1. The number of hydrogen-bond acceptors (Lipinski definition) is 4. The highest BCUT2D eigenvalue weighted by Gasteiger charge is 2.12. The first-order valence-electron chi connectivity index (χ1n) is 5.77. The molecule has 1 N–H and O–H groups in total. The van der Waals surface area contributed by atoms with E-state index < -0.39 is 0 Å². The zero-order valence-corrected chi connectivity index (χ0v) is 11.5. The van der Waals surface area contributed by atoms with Crippen molar-refractivity contribution in [3.8, 4) is 0 Å². The quantitative estimate of drug-likeness (QED) is 0.918. The Hall–Kier alpha value is -1.69. The van der Waals surface area contributed by atoms with Gasteiger partial charge in [0, 0.05) is 36.7 Å². The minimum atomic E-state index is -0.137. The summed E-state index contributed by atoms with van der Waals surface area (Å²) in [5.41, 5.74) is 1.47. The molecule has 2 heterocycles. The van der Waals surface area contributed by atoms with Gasteiger partial charge in [0.05, 0.1) is 11.2 Å². The first-order chi connectivity index (χ1) is 8.56. The Balaban J connectivity index is 1.95. The normalized spacial score (nSPS) is 10.9. The second-order valence-electron chi connectivity index (χ2n) is 4.43. The van der Waals surface area contributed by atoms with Gasteiger partial charge in [-0.2, -0.15) is 5.10 Å². The number of nitrogens with one attached hydrogen (secondary N) is 1. The van der Waals surface area contributed by atoms with Crippen LogP contribution in [0.2, 0.25) is 0 Å². The average Bonchev–Trinajstić information content (AvgIpc) is 2.94. The molecule has 0 unspecified atom stereocenters. The average molecular weight is 264 g/mol. The van der Waals surface area contributed by atoms with Gasteiger partial charge in [-0.1, -0.05) is 13.8 Å². The number of carbonyl (C=O) groups excluding carboxylic acids is 1. The number of nitrogens with zero attached hydrogens (tertiary/aromatic N) is 3. The molecule has 6 heteroatoms. The predicted molar refractivity (Wildman–Crippen MR) is 70.6 cm³/mol. The molecule has 0 fully saturated rings. The Bertz CT molecular complexity index is 544. The van der Waals surface area contributed by atoms with E-state index in [0.717, 1.165) is 10.6 Å². The standard InChI is InChI=1S/C12H16N4OS/c1-8(2)12-15-10(7-18-12)11(17)13-4-9-5-14-16(3)6-9/h5-8H,4H2,1-3H3,(H,13,17). The van der Waals surface area contributed by atoms with E-state index in [1.807, 2.05) is 13.2 Å². The van der Waals surface area contributed by atoms with E-state index >= 15 is 0 Å². The summed E-state index contributed by atoms with van der Waals surface area (Å²) in [5, 5.41) is 9.67. The first-order valence-corrected chi connectivity index (χ1v) is 6.65. The molecular formula is C12H16N4OS. The molecule has 5 nitrogen and oxygen atoms in total. The van der Waals surface area contributed by atoms with Crippen molar-refractivity contribution in [2.45, 2.75) is 26.3 Å². The Morgan fingerprint density at radius 3 is 2.89 bits per heavy atom. The Morgan fingerprint density at radius 1 is 1.56 bits per heavy atom. The number of thiazole rings is 1. The van der Waals surface area contributed by atoms with Gasteiger partial charge in [0.1, 0.15) is 5.69 Å². The van der Waals surface area contributed by atoms with Crippen molar-refractivity contribution in [2.24, 2.45) is 7.05 Å². The van der Waals surface area contributed by atoms with Gasteiger partial charge in [-0.3, -0.25) is 9.48 Å². The molecule has 1 amide bonds. The molecule has 96 valence electrons. The molecule has 2 rings (SSSR count). The number of aryl methyl sites for hydroxylation is 1. The van der Waals surface area contributed by atoms with Crippen LogP contribution in [-0.4, -0.2) is 20.7 Å². The summed E-state index contributed by atoms with van der Waals surface area (Å²) in [6.45, 7) is 4.60. The smallest absolute Gasteiger partial charge is 0.271 e. The molecule has 0 aliphatic rings. The van der Waals surface area contributed by atoms with Crippen molar-refractivity contribution in [2.75, 3.05) is 0 Å². The molecule has 0 aliphatic carbocycles. The van der Waals surface area contributed by atoms with E-state index in [1.165, 1.54) is 11.3 Å². The minimum Gasteiger partial charge on any atom is -0.346 e. The zero-order chi connectivity index (χ0) is 13.1. The molecule has 0 bridgehead atoms. The number of rotatable bonds is 4. The van der Waals surface area contributed by atoms with Crippen LogP contribution in [0.25, 0.3) is 0 Å². The van der Waals surface area contributed by atoms with Crippen molar-refractivity contribution in [3.63, 3.8) is 0 Å². The largest absolute Gasteiger partial charge is 0.346 e. The van der Waals surface area contributed by atoms with Crippen LogP contribution >= 0.6 is 11.3 Å². The Kier molecular flexibility index (Phi) is 3.76. The molecule has 2 aromatic rings. The van der Waals surface area contributed by atoms with Gasteiger partial charge in [-0.05, 0) is 0 Å². The summed E-state index contributed by atoms with van der Waals surface area (Å²) < 4.78 is 1.71. The van der Waals surface area contributed by atoms with Crippen LogP contribution in [0.5, 0.6) is 0 Å². The summed E-state index contributed by atoms with van der Waals surface area (Å²) in [6, 6.07) is 0. The zero-order valence-electron chi connectivity index (χ0n) is 10.7. The van der Waals surface area contributed by atoms with E-state index in [9.17, 15) is 4.79 Å². The second-order valence-corrected chi connectivity index (χ2v) is 5.32. The monoisotopic (exact) mass is 264 g/mol. The van der Waals surface area contributed by atoms with E-state index in [-0.39, 0.29) is 5.91 Å². The highest BCUT2D eigenvalue weighted by Crippen LogP contribution is 2.18. The Morgan fingerprint density at radius 2 is 2.33 bits per heavy atom. The maximum atomic E-state index is 11.9. The molecule has 2 aromatic heterocycles. The number of aromatic nitrogens is 3. The van der Waals surface area contributed by atoms with Gasteiger partial charge >= 0.3 is 0 Å². The summed E-state index contributed by atoms with van der Waals surface area (Å²) in [4.78, 5) is 16.2. The van der Waals surface area contributed by atoms with Gasteiger partial charge in [0.15, 0.2) is 0 Å². The van der Waals surface area contributed by atoms with Crippen LogP contribution < -0.4 is 5.32 Å². The number of carbonyl (C=O) groups is 1. The molecule has 18 heavy (non-hydrogen) atoms. The maximum absolute atomic E-state index is 11.9. The van der Waals surface area contributed by atoms with Crippen LogP contribution in [0.1, 0.15) is 40.8 Å². The molecule has 0 radical (unpaired) electrons. The van der Waals surface area contributed by atoms with E-state index in [2.05, 4.69) is 29.2 Å². The number of amides is 1. The van der Waals surface area contributed by atoms with Crippen molar-refractivity contribution in [3.05, 3.63) is 34.0 Å². The molecule has 0 aromatic carbocycles. The summed E-state index contributed by atoms with van der Waals surface area (Å²) in [5.74, 6) is 0.219. The topological polar surface area (TPSA) is 59.8 Å². The molecule has 0 saturated heterocycles. The summed E-state index contributed by atoms with van der Waals surface area (Å²) in [7, 11) is 1.85. The third-order valence-electron chi connectivity index (χ3n) is 2.46. The van der Waals surface area contributed by atoms with Crippen molar-refractivity contribution in [1.29, 1.82) is 0 Å². The molecule has 0 spiro atoms. The van der Waals surface area contributed by atoms with Gasteiger partial charge < -0.3 is 5.32 Å². The molecule has 0 aliphatic heterocycles. The van der Waals surface area contributed by atoms with Gasteiger partial charge in [0.2, 0.25) is 0 Å². The summed E-state index contributed by atoms with van der Waals surface area (Å²) >= 11 is 1.52. The third kappa shape index (κ3) is 2.95. The highest BCUT2D eigenvalue weighted by molar-refractivity contribution is 7.09. The van der Waals surface area contributed by atoms with Crippen molar-refractivity contribution >= 4 is 17.2 Å². The molecule has 0 saturated carbocycles. The van der Waals surface area contributed by atoms with Crippen LogP contribution in [0.4, 0.5) is 0 Å². The van der Waals surface area contributed by atoms with Gasteiger partial charge in [-0.25, -0.2) is 4.98 Å². The Labute approximate surface area is 110 Å². The predicted octanol–water partition coefficient (Wildman–Crippen LogP) is 1.93. The summed E-state index contributed by atoms with van der Waals surface area (Å²) in [6.07, 6.45) is 3.61. The van der Waals surface area contributed by atoms with E-state index in [1.54, 1.807) is 16.3 Å². The fourth-order valence-corrected chi connectivity index (χ4v) is 2.31. The van der Waals surface area contributed by atoms with E-state index in [0.29, 0.717) is 18.2 Å². The third-order valence-corrected chi connectivity index (χ3v) is 3.61. The van der Waals surface area contributed by atoms with Crippen LogP contribution in [0.3, 0.4) is 0 Å². The van der Waals surface area contributed by atoms with Crippen molar-refractivity contribution in [1.82, 2.24) is 20.1 Å². The lowest BCUT2D eigenvalue weighted by molar-refractivity contribution is 0.0946. The fraction of sp³-hybridized carbons (Fsp3) is 0.417. The highest BCUT2D eigenvalue weighted by atomic mass is 32.1. The van der Waals surface area contributed by atoms with Crippen LogP contribution in [-0.2, 0) is 13.6 Å². The van der Waals surface area contributed by atoms with Crippen LogP contribution in [0.15, 0.2) is 17.8 Å². The SMILES string of the molecule is CC(C)c1nc(C(=O)NCc2cnn(C)c2)cs1. The lowest BCUT2D eigenvalue weighted by Gasteiger charge is -2.00. The second kappa shape index (κ2) is 5.30. The van der Waals surface area contributed by atoms with Gasteiger partial charge in [-0.15, -0.1) is 11.3 Å². The molecule has 0 atom stereocenters. The molecular weight excluding hydrogens is 248 g/mol. The van der Waals surface area contributed by atoms with Crippen molar-refractivity contribution < 1.29 is 4.79 Å². The fourth-order valence-electron chi connectivity index (χ4n) is 1.49.